The number of rotatable bonds is 3. The van der Waals surface area contributed by atoms with Crippen molar-refractivity contribution in [2.45, 2.75) is 19.8 Å². The van der Waals surface area contributed by atoms with E-state index in [2.05, 4.69) is 32.0 Å². The van der Waals surface area contributed by atoms with Gasteiger partial charge in [0, 0.05) is 12.1 Å². The lowest BCUT2D eigenvalue weighted by molar-refractivity contribution is -0.136. The van der Waals surface area contributed by atoms with Crippen LogP contribution in [-0.4, -0.2) is 25.4 Å². The van der Waals surface area contributed by atoms with E-state index in [0.29, 0.717) is 6.42 Å². The second-order valence-electron chi connectivity index (χ2n) is 4.55. The fraction of sp³-hybridized carbons (Fsp3) is 0.231. The van der Waals surface area contributed by atoms with Gasteiger partial charge in [-0.05, 0) is 40.5 Å². The van der Waals surface area contributed by atoms with Crippen LogP contribution in [0.5, 0.6) is 0 Å². The Morgan fingerprint density at radius 2 is 2.32 bits per heavy atom. The van der Waals surface area contributed by atoms with Crippen molar-refractivity contribution in [2.24, 2.45) is 0 Å². The molecule has 0 saturated carbocycles. The summed E-state index contributed by atoms with van der Waals surface area (Å²) in [5.41, 5.74) is 3.95. The maximum absolute atomic E-state index is 10.6. The number of aryl methyl sites for hydroxylation is 2. The Morgan fingerprint density at radius 3 is 3.05 bits per heavy atom. The zero-order valence-electron chi connectivity index (χ0n) is 10.3. The Kier molecular flexibility index (Phi) is 2.82. The van der Waals surface area contributed by atoms with Crippen molar-refractivity contribution in [2.75, 3.05) is 0 Å². The topological polar surface area (TPSA) is 70.4 Å². The van der Waals surface area contributed by atoms with Crippen molar-refractivity contribution in [3.05, 3.63) is 34.1 Å². The zero-order chi connectivity index (χ0) is 13.6. The average Bonchev–Trinajstić information content (AvgIpc) is 2.84. The lowest BCUT2D eigenvalue weighted by Crippen LogP contribution is -1.98. The highest BCUT2D eigenvalue weighted by atomic mass is 79.9. The fourth-order valence-electron chi connectivity index (χ4n) is 2.19. The molecule has 0 bridgehead atoms. The number of H-pyrrole nitrogens is 1. The van der Waals surface area contributed by atoms with Crippen LogP contribution in [0.3, 0.4) is 0 Å². The Balaban J connectivity index is 2.16. The van der Waals surface area contributed by atoms with Gasteiger partial charge in [-0.3, -0.25) is 9.20 Å². The number of benzene rings is 1. The van der Waals surface area contributed by atoms with Crippen molar-refractivity contribution in [3.8, 4) is 0 Å². The van der Waals surface area contributed by atoms with Crippen LogP contribution >= 0.6 is 15.9 Å². The number of carboxylic acid groups (broad SMARTS) is 1. The minimum Gasteiger partial charge on any atom is -0.481 e. The lowest BCUT2D eigenvalue weighted by Gasteiger charge is -1.98. The van der Waals surface area contributed by atoms with Gasteiger partial charge in [-0.2, -0.15) is 0 Å². The molecule has 0 aliphatic heterocycles. The van der Waals surface area contributed by atoms with E-state index >= 15 is 0 Å². The third kappa shape index (κ3) is 2.02. The number of aliphatic carboxylic acids is 1. The predicted molar refractivity (Wildman–Crippen MR) is 75.4 cm³/mol. The van der Waals surface area contributed by atoms with E-state index in [0.717, 1.165) is 32.7 Å². The van der Waals surface area contributed by atoms with Crippen LogP contribution in [0.1, 0.15) is 17.7 Å². The van der Waals surface area contributed by atoms with Crippen molar-refractivity contribution >= 4 is 38.7 Å². The highest BCUT2D eigenvalue weighted by Crippen LogP contribution is 2.26. The van der Waals surface area contributed by atoms with Gasteiger partial charge in [0.1, 0.15) is 4.60 Å². The van der Waals surface area contributed by atoms with E-state index in [9.17, 15) is 4.79 Å². The monoisotopic (exact) mass is 321 g/mol. The molecule has 0 aliphatic carbocycles. The Labute approximate surface area is 117 Å². The number of halogens is 1. The number of nitrogens with zero attached hydrogens (tertiary/aromatic N) is 2. The van der Waals surface area contributed by atoms with Gasteiger partial charge in [-0.15, -0.1) is 0 Å². The van der Waals surface area contributed by atoms with Crippen LogP contribution in [0.4, 0.5) is 0 Å². The molecule has 6 heteroatoms. The number of hydrogen-bond acceptors (Lipinski definition) is 2. The second-order valence-corrected chi connectivity index (χ2v) is 5.30. The molecule has 98 valence electrons. The number of carboxylic acids is 1. The summed E-state index contributed by atoms with van der Waals surface area (Å²) in [6.45, 7) is 2.03. The molecule has 0 saturated heterocycles. The number of carbonyl (C=O) groups is 1. The molecular weight excluding hydrogens is 310 g/mol. The number of aromatic amines is 1. The normalized spacial score (nSPS) is 11.5. The Hall–Kier alpha value is -1.82. The molecule has 0 unspecified atom stereocenters. The molecule has 0 aliphatic rings. The summed E-state index contributed by atoms with van der Waals surface area (Å²) in [7, 11) is 0. The third-order valence-corrected chi connectivity index (χ3v) is 3.94. The molecule has 0 amide bonds. The Morgan fingerprint density at radius 1 is 1.53 bits per heavy atom. The summed E-state index contributed by atoms with van der Waals surface area (Å²) in [5, 5.41) is 8.75. The highest BCUT2D eigenvalue weighted by molar-refractivity contribution is 9.10. The minimum absolute atomic E-state index is 0.0965. The fourth-order valence-corrected chi connectivity index (χ4v) is 2.84. The summed E-state index contributed by atoms with van der Waals surface area (Å²) in [4.78, 5) is 18.3. The van der Waals surface area contributed by atoms with E-state index in [-0.39, 0.29) is 6.42 Å². The predicted octanol–water partition coefficient (Wildman–Crippen LogP) is 2.90. The smallest absolute Gasteiger partial charge is 0.303 e. The molecule has 19 heavy (non-hydrogen) atoms. The first kappa shape index (κ1) is 12.2. The summed E-state index contributed by atoms with van der Waals surface area (Å²) >= 11 is 3.53. The molecule has 0 fully saturated rings. The van der Waals surface area contributed by atoms with E-state index in [1.807, 2.05) is 23.5 Å². The van der Waals surface area contributed by atoms with E-state index in [1.165, 1.54) is 0 Å². The zero-order valence-corrected chi connectivity index (χ0v) is 11.9. The second kappa shape index (κ2) is 4.38. The van der Waals surface area contributed by atoms with Crippen LogP contribution in [0.2, 0.25) is 0 Å². The minimum atomic E-state index is -0.806. The van der Waals surface area contributed by atoms with Gasteiger partial charge in [-0.25, -0.2) is 4.98 Å². The van der Waals surface area contributed by atoms with Gasteiger partial charge in [0.05, 0.1) is 17.5 Å². The standard InChI is InChI=1S/C13H12BrN3O2/c1-7-2-3-8-10(6-7)17-12(14)9(4-5-11(18)19)16-13(17)15-8/h2-3,6H,4-5H2,1H3,(H,15,16)(H,18,19). The van der Waals surface area contributed by atoms with E-state index in [4.69, 9.17) is 5.11 Å². The molecular formula is C13H12BrN3O2. The largest absolute Gasteiger partial charge is 0.481 e. The van der Waals surface area contributed by atoms with Crippen LogP contribution < -0.4 is 0 Å². The molecule has 3 rings (SSSR count). The summed E-state index contributed by atoms with van der Waals surface area (Å²) in [5.74, 6) is -0.0762. The first-order valence-electron chi connectivity index (χ1n) is 5.93. The quantitative estimate of drug-likeness (QED) is 0.779. The molecule has 1 aromatic carbocycles. The summed E-state index contributed by atoms with van der Waals surface area (Å²) in [6.07, 6.45) is 0.547. The summed E-state index contributed by atoms with van der Waals surface area (Å²) < 4.78 is 2.82. The van der Waals surface area contributed by atoms with Gasteiger partial charge < -0.3 is 10.1 Å². The van der Waals surface area contributed by atoms with Gasteiger partial charge in [-0.1, -0.05) is 6.07 Å². The molecule has 0 atom stereocenters. The molecule has 3 aromatic rings. The number of imidazole rings is 2. The summed E-state index contributed by atoms with van der Waals surface area (Å²) in [6, 6.07) is 6.07. The molecule has 5 nitrogen and oxygen atoms in total. The third-order valence-electron chi connectivity index (χ3n) is 3.11. The van der Waals surface area contributed by atoms with Crippen molar-refractivity contribution < 1.29 is 9.90 Å². The van der Waals surface area contributed by atoms with Gasteiger partial charge in [0.2, 0.25) is 5.78 Å². The maximum Gasteiger partial charge on any atom is 0.303 e. The first-order valence-corrected chi connectivity index (χ1v) is 6.72. The molecule has 2 heterocycles. The van der Waals surface area contributed by atoms with Crippen molar-refractivity contribution in [1.29, 1.82) is 0 Å². The number of nitrogens with one attached hydrogen (secondary N) is 1. The average molecular weight is 322 g/mol. The SMILES string of the molecule is Cc1ccc2nc3[nH]c(CCC(=O)O)c(Br)n3c2c1. The van der Waals surface area contributed by atoms with Gasteiger partial charge >= 0.3 is 5.97 Å². The number of hydrogen-bond donors (Lipinski definition) is 2. The van der Waals surface area contributed by atoms with Crippen LogP contribution in [0.25, 0.3) is 16.8 Å². The number of fused-ring (bicyclic) bond motifs is 3. The molecule has 2 aromatic heterocycles. The van der Waals surface area contributed by atoms with Crippen LogP contribution in [0, 0.1) is 6.92 Å². The van der Waals surface area contributed by atoms with Gasteiger partial charge in [0.15, 0.2) is 0 Å². The molecule has 2 N–H and O–H groups in total. The Bertz CT molecular complexity index is 788. The number of aromatic nitrogens is 3. The van der Waals surface area contributed by atoms with Crippen molar-refractivity contribution in [3.63, 3.8) is 0 Å². The molecule has 0 spiro atoms. The van der Waals surface area contributed by atoms with Gasteiger partial charge in [0.25, 0.3) is 0 Å². The highest BCUT2D eigenvalue weighted by Gasteiger charge is 2.14. The van der Waals surface area contributed by atoms with E-state index < -0.39 is 5.97 Å². The van der Waals surface area contributed by atoms with Crippen LogP contribution in [0.15, 0.2) is 22.8 Å². The first-order chi connectivity index (χ1) is 9.06. The van der Waals surface area contributed by atoms with Crippen LogP contribution in [-0.2, 0) is 11.2 Å². The maximum atomic E-state index is 10.6. The molecule has 0 radical (unpaired) electrons. The van der Waals surface area contributed by atoms with E-state index in [1.54, 1.807) is 0 Å². The van der Waals surface area contributed by atoms with Crippen molar-refractivity contribution in [1.82, 2.24) is 14.4 Å². The lowest BCUT2D eigenvalue weighted by atomic mass is 10.2.